The molecule has 106 valence electrons. The highest BCUT2D eigenvalue weighted by Gasteiger charge is 2.21. The van der Waals surface area contributed by atoms with Crippen molar-refractivity contribution < 1.29 is 4.74 Å². The van der Waals surface area contributed by atoms with Gasteiger partial charge in [0.15, 0.2) is 0 Å². The summed E-state index contributed by atoms with van der Waals surface area (Å²) in [6.07, 6.45) is 6.51. The minimum absolute atomic E-state index is 0.419. The van der Waals surface area contributed by atoms with Crippen LogP contribution in [0.3, 0.4) is 0 Å². The van der Waals surface area contributed by atoms with Gasteiger partial charge in [0.1, 0.15) is 6.33 Å². The molecule has 2 aromatic rings. The van der Waals surface area contributed by atoms with Crippen molar-refractivity contribution in [1.29, 1.82) is 0 Å². The Hall–Kier alpha value is -1.95. The van der Waals surface area contributed by atoms with Crippen molar-refractivity contribution in [2.45, 2.75) is 37.8 Å². The van der Waals surface area contributed by atoms with E-state index in [1.54, 1.807) is 18.1 Å². The fourth-order valence-corrected chi connectivity index (χ4v) is 2.73. The van der Waals surface area contributed by atoms with E-state index in [1.165, 1.54) is 0 Å². The molecule has 0 spiro atoms. The number of rotatable bonds is 4. The molecule has 0 radical (unpaired) electrons. The maximum Gasteiger partial charge on any atom is 0.143 e. The van der Waals surface area contributed by atoms with Crippen LogP contribution in [0.2, 0.25) is 0 Å². The van der Waals surface area contributed by atoms with E-state index < -0.39 is 0 Å². The Morgan fingerprint density at radius 3 is 2.70 bits per heavy atom. The normalized spacial score (nSPS) is 22.6. The van der Waals surface area contributed by atoms with Crippen LogP contribution < -0.4 is 5.32 Å². The summed E-state index contributed by atoms with van der Waals surface area (Å²) in [6, 6.07) is 8.58. The quantitative estimate of drug-likeness (QED) is 0.923. The number of benzene rings is 1. The van der Waals surface area contributed by atoms with Gasteiger partial charge in [-0.05, 0) is 48.2 Å². The van der Waals surface area contributed by atoms with Crippen molar-refractivity contribution in [3.05, 3.63) is 30.6 Å². The second-order valence-corrected chi connectivity index (χ2v) is 5.13. The molecule has 1 saturated carbocycles. The lowest BCUT2D eigenvalue weighted by Crippen LogP contribution is -2.29. The zero-order valence-electron chi connectivity index (χ0n) is 11.6. The number of nitrogens with zero attached hydrogens (tertiary/aromatic N) is 4. The first-order valence-corrected chi connectivity index (χ1v) is 6.98. The lowest BCUT2D eigenvalue weighted by molar-refractivity contribution is 0.0682. The summed E-state index contributed by atoms with van der Waals surface area (Å²) in [5, 5.41) is 15.0. The van der Waals surface area contributed by atoms with E-state index in [0.29, 0.717) is 12.1 Å². The lowest BCUT2D eigenvalue weighted by Gasteiger charge is -2.29. The third-order valence-electron chi connectivity index (χ3n) is 3.87. The van der Waals surface area contributed by atoms with Gasteiger partial charge in [-0.1, -0.05) is 12.1 Å². The van der Waals surface area contributed by atoms with E-state index >= 15 is 0 Å². The van der Waals surface area contributed by atoms with Crippen LogP contribution in [0.5, 0.6) is 0 Å². The maximum atomic E-state index is 5.41. The van der Waals surface area contributed by atoms with Crippen LogP contribution in [0.25, 0.3) is 5.69 Å². The van der Waals surface area contributed by atoms with Crippen molar-refractivity contribution in [2.75, 3.05) is 12.4 Å². The molecule has 0 atom stereocenters. The fourth-order valence-electron chi connectivity index (χ4n) is 2.73. The lowest BCUT2D eigenvalue weighted by atomic mass is 9.93. The van der Waals surface area contributed by atoms with Gasteiger partial charge in [-0.3, -0.25) is 0 Å². The van der Waals surface area contributed by atoms with Gasteiger partial charge in [-0.15, -0.1) is 5.10 Å². The highest BCUT2D eigenvalue weighted by molar-refractivity contribution is 5.60. The zero-order chi connectivity index (χ0) is 13.8. The molecular weight excluding hydrogens is 254 g/mol. The molecule has 1 fully saturated rings. The van der Waals surface area contributed by atoms with Gasteiger partial charge in [0, 0.05) is 13.2 Å². The SMILES string of the molecule is COC1CCC(Nc2ccccc2-n2cnnn2)CC1. The molecule has 1 aromatic heterocycles. The first-order valence-electron chi connectivity index (χ1n) is 6.98. The zero-order valence-corrected chi connectivity index (χ0v) is 11.6. The van der Waals surface area contributed by atoms with Crippen molar-refractivity contribution in [1.82, 2.24) is 20.2 Å². The molecule has 1 aliphatic rings. The molecule has 1 aromatic carbocycles. The molecule has 1 N–H and O–H groups in total. The van der Waals surface area contributed by atoms with E-state index in [2.05, 4.69) is 26.9 Å². The monoisotopic (exact) mass is 273 g/mol. The summed E-state index contributed by atoms with van der Waals surface area (Å²) in [6.45, 7) is 0. The molecule has 0 aliphatic heterocycles. The second-order valence-electron chi connectivity index (χ2n) is 5.13. The first kappa shape index (κ1) is 13.1. The van der Waals surface area contributed by atoms with Crippen LogP contribution >= 0.6 is 0 Å². The molecule has 6 heteroatoms. The minimum Gasteiger partial charge on any atom is -0.381 e. The van der Waals surface area contributed by atoms with Crippen LogP contribution in [0.15, 0.2) is 30.6 Å². The van der Waals surface area contributed by atoms with Crippen LogP contribution in [-0.2, 0) is 4.74 Å². The summed E-state index contributed by atoms with van der Waals surface area (Å²) in [5.41, 5.74) is 2.05. The number of anilines is 1. The number of para-hydroxylation sites is 2. The van der Waals surface area contributed by atoms with Crippen molar-refractivity contribution in [3.63, 3.8) is 0 Å². The van der Waals surface area contributed by atoms with Gasteiger partial charge in [0.25, 0.3) is 0 Å². The van der Waals surface area contributed by atoms with E-state index in [9.17, 15) is 0 Å². The van der Waals surface area contributed by atoms with E-state index in [1.807, 2.05) is 18.2 Å². The first-order chi connectivity index (χ1) is 9.86. The molecular formula is C14H19N5O. The predicted octanol–water partition coefficient (Wildman–Crippen LogP) is 2.03. The summed E-state index contributed by atoms with van der Waals surface area (Å²) in [7, 11) is 1.80. The Morgan fingerprint density at radius 1 is 1.20 bits per heavy atom. The molecule has 0 amide bonds. The second kappa shape index (κ2) is 6.00. The van der Waals surface area contributed by atoms with Gasteiger partial charge in [0.05, 0.1) is 17.5 Å². The predicted molar refractivity (Wildman–Crippen MR) is 75.8 cm³/mol. The van der Waals surface area contributed by atoms with E-state index in [4.69, 9.17) is 4.74 Å². The van der Waals surface area contributed by atoms with E-state index in [-0.39, 0.29) is 0 Å². The van der Waals surface area contributed by atoms with Gasteiger partial charge < -0.3 is 10.1 Å². The largest absolute Gasteiger partial charge is 0.381 e. The van der Waals surface area contributed by atoms with Crippen LogP contribution in [-0.4, -0.2) is 39.5 Å². The number of aromatic nitrogens is 4. The Labute approximate surface area is 118 Å². The summed E-state index contributed by atoms with van der Waals surface area (Å²) in [4.78, 5) is 0. The number of nitrogens with one attached hydrogen (secondary N) is 1. The van der Waals surface area contributed by atoms with Gasteiger partial charge in [0.2, 0.25) is 0 Å². The minimum atomic E-state index is 0.419. The van der Waals surface area contributed by atoms with Crippen molar-refractivity contribution >= 4 is 5.69 Å². The highest BCUT2D eigenvalue weighted by atomic mass is 16.5. The molecule has 3 rings (SSSR count). The van der Waals surface area contributed by atoms with Gasteiger partial charge in [-0.2, -0.15) is 4.68 Å². The van der Waals surface area contributed by atoms with Crippen molar-refractivity contribution in [2.24, 2.45) is 0 Å². The number of methoxy groups -OCH3 is 1. The standard InChI is InChI=1S/C14H19N5O/c1-20-12-8-6-11(7-9-12)16-13-4-2-3-5-14(13)19-10-15-17-18-19/h2-5,10-12,16H,6-9H2,1H3. The Bertz CT molecular complexity index is 534. The van der Waals surface area contributed by atoms with Crippen molar-refractivity contribution in [3.8, 4) is 5.69 Å². The third-order valence-corrected chi connectivity index (χ3v) is 3.87. The molecule has 0 bridgehead atoms. The van der Waals surface area contributed by atoms with Crippen LogP contribution in [0.4, 0.5) is 5.69 Å². The summed E-state index contributed by atoms with van der Waals surface area (Å²) in [5.74, 6) is 0. The highest BCUT2D eigenvalue weighted by Crippen LogP contribution is 2.26. The smallest absolute Gasteiger partial charge is 0.143 e. The Balaban J connectivity index is 1.72. The Kier molecular flexibility index (Phi) is 3.92. The molecule has 1 aliphatic carbocycles. The molecule has 0 unspecified atom stereocenters. The number of hydrogen-bond donors (Lipinski definition) is 1. The molecule has 6 nitrogen and oxygen atoms in total. The average Bonchev–Trinajstić information content (AvgIpc) is 3.03. The molecule has 0 saturated heterocycles. The number of hydrogen-bond acceptors (Lipinski definition) is 5. The van der Waals surface area contributed by atoms with Gasteiger partial charge in [-0.25, -0.2) is 0 Å². The summed E-state index contributed by atoms with van der Waals surface area (Å²) >= 11 is 0. The average molecular weight is 273 g/mol. The number of tetrazole rings is 1. The van der Waals surface area contributed by atoms with Crippen LogP contribution in [0, 0.1) is 0 Å². The Morgan fingerprint density at radius 2 is 2.00 bits per heavy atom. The molecule has 1 heterocycles. The summed E-state index contributed by atoms with van der Waals surface area (Å²) < 4.78 is 7.10. The molecule has 20 heavy (non-hydrogen) atoms. The maximum absolute atomic E-state index is 5.41. The van der Waals surface area contributed by atoms with E-state index in [0.717, 1.165) is 37.1 Å². The third kappa shape index (κ3) is 2.80. The topological polar surface area (TPSA) is 64.9 Å². The fraction of sp³-hybridized carbons (Fsp3) is 0.500. The van der Waals surface area contributed by atoms with Crippen LogP contribution in [0.1, 0.15) is 25.7 Å². The number of ether oxygens (including phenoxy) is 1. The van der Waals surface area contributed by atoms with Gasteiger partial charge >= 0.3 is 0 Å².